The molecule has 0 aliphatic carbocycles. The van der Waals surface area contributed by atoms with E-state index in [0.29, 0.717) is 5.56 Å². The van der Waals surface area contributed by atoms with E-state index in [2.05, 4.69) is 0 Å². The van der Waals surface area contributed by atoms with Gasteiger partial charge in [0.1, 0.15) is 5.75 Å². The van der Waals surface area contributed by atoms with Gasteiger partial charge in [-0.3, -0.25) is 0 Å². The summed E-state index contributed by atoms with van der Waals surface area (Å²) in [6.45, 7) is 0. The van der Waals surface area contributed by atoms with E-state index in [1.807, 2.05) is 0 Å². The van der Waals surface area contributed by atoms with Gasteiger partial charge >= 0.3 is 16.3 Å². The predicted octanol–water partition coefficient (Wildman–Crippen LogP) is 4.16. The van der Waals surface area contributed by atoms with Crippen molar-refractivity contribution in [1.82, 2.24) is 0 Å². The molecule has 0 saturated carbocycles. The average molecular weight is 413 g/mol. The summed E-state index contributed by atoms with van der Waals surface area (Å²) in [7, 11) is -4.26. The van der Waals surface area contributed by atoms with Crippen LogP contribution in [0.3, 0.4) is 0 Å². The van der Waals surface area contributed by atoms with Crippen LogP contribution in [0.5, 0.6) is 11.5 Å². The molecule has 0 amide bonds. The quantitative estimate of drug-likeness (QED) is 0.609. The Morgan fingerprint density at radius 1 is 1.04 bits per heavy atom. The Bertz CT molecular complexity index is 1090. The Morgan fingerprint density at radius 3 is 2.29 bits per heavy atom. The molecule has 0 atom stereocenters. The Morgan fingerprint density at radius 2 is 1.64 bits per heavy atom. The van der Waals surface area contributed by atoms with Crippen molar-refractivity contribution in [2.75, 3.05) is 5.73 Å². The molecule has 148 valence electrons. The second-order valence-corrected chi connectivity index (χ2v) is 7.36. The highest BCUT2D eigenvalue weighted by Gasteiger charge is 2.36. The zero-order valence-electron chi connectivity index (χ0n) is 14.1. The number of halogens is 3. The van der Waals surface area contributed by atoms with Crippen molar-refractivity contribution < 1.29 is 35.3 Å². The molecule has 1 heterocycles. The fourth-order valence-electron chi connectivity index (χ4n) is 2.55. The lowest BCUT2D eigenvalue weighted by molar-refractivity contribution is -0.137. The first-order valence-electron chi connectivity index (χ1n) is 7.82. The molecule has 0 saturated heterocycles. The fraction of sp³-hybridized carbons (Fsp3) is 0.111. The molecule has 10 heteroatoms. The van der Waals surface area contributed by atoms with E-state index in [4.69, 9.17) is 14.3 Å². The predicted molar refractivity (Wildman–Crippen MR) is 94.9 cm³/mol. The minimum atomic E-state index is -4.73. The van der Waals surface area contributed by atoms with E-state index in [0.717, 1.165) is 18.2 Å². The van der Waals surface area contributed by atoms with Gasteiger partial charge in [0, 0.05) is 5.56 Å². The molecule has 0 fully saturated rings. The van der Waals surface area contributed by atoms with E-state index in [1.54, 1.807) is 30.3 Å². The maximum atomic E-state index is 13.2. The van der Waals surface area contributed by atoms with Gasteiger partial charge in [-0.15, -0.1) is 0 Å². The van der Waals surface area contributed by atoms with E-state index in [-0.39, 0.29) is 0 Å². The van der Waals surface area contributed by atoms with Crippen LogP contribution in [0.4, 0.5) is 19.1 Å². The number of hydrogen-bond acceptors (Lipinski definition) is 6. The molecule has 0 radical (unpaired) electrons. The zero-order chi connectivity index (χ0) is 20.5. The molecule has 0 bridgehead atoms. The van der Waals surface area contributed by atoms with E-state index in [1.165, 1.54) is 6.07 Å². The van der Waals surface area contributed by atoms with Crippen LogP contribution in [0.25, 0.3) is 11.3 Å². The standard InChI is InChI=1S/C18H14F3NO5S/c19-18(20,21)13-9-5-4-8-12(13)15-14(23)16(17(22)26-15)27-28(24,25)10-11-6-2-1-3-7-11/h1-9,23H,10,22H2. The van der Waals surface area contributed by atoms with E-state index < -0.39 is 56.3 Å². The van der Waals surface area contributed by atoms with Crippen LogP contribution >= 0.6 is 0 Å². The van der Waals surface area contributed by atoms with Gasteiger partial charge in [0.15, 0.2) is 5.76 Å². The van der Waals surface area contributed by atoms with Gasteiger partial charge < -0.3 is 19.4 Å². The summed E-state index contributed by atoms with van der Waals surface area (Å²) in [4.78, 5) is 0. The van der Waals surface area contributed by atoms with Gasteiger partial charge in [0.2, 0.25) is 17.4 Å². The molecule has 0 spiro atoms. The van der Waals surface area contributed by atoms with Gasteiger partial charge in [-0.1, -0.05) is 48.5 Å². The number of nitrogens with two attached hydrogens (primary N) is 1. The smallest absolute Gasteiger partial charge is 0.417 e. The van der Waals surface area contributed by atoms with Crippen LogP contribution in [0.15, 0.2) is 59.0 Å². The molecule has 3 aromatic rings. The summed E-state index contributed by atoms with van der Waals surface area (Å²) in [5, 5.41) is 10.3. The molecule has 2 aromatic carbocycles. The topological polar surface area (TPSA) is 103 Å². The first-order valence-corrected chi connectivity index (χ1v) is 9.40. The Balaban J connectivity index is 1.98. The lowest BCUT2D eigenvalue weighted by Gasteiger charge is -2.11. The number of benzene rings is 2. The van der Waals surface area contributed by atoms with Crippen LogP contribution in [-0.2, 0) is 22.0 Å². The highest BCUT2D eigenvalue weighted by molar-refractivity contribution is 7.86. The second kappa shape index (κ2) is 7.12. The monoisotopic (exact) mass is 413 g/mol. The van der Waals surface area contributed by atoms with Crippen LogP contribution < -0.4 is 9.92 Å². The number of hydrogen-bond donors (Lipinski definition) is 2. The van der Waals surface area contributed by atoms with Gasteiger partial charge in [0.05, 0.1) is 5.56 Å². The third-order valence-corrected chi connectivity index (χ3v) is 4.85. The first-order chi connectivity index (χ1) is 13.1. The second-order valence-electron chi connectivity index (χ2n) is 5.79. The molecule has 0 aliphatic rings. The summed E-state index contributed by atoms with van der Waals surface area (Å²) in [5.41, 5.74) is 4.36. The van der Waals surface area contributed by atoms with Crippen molar-refractivity contribution in [3.8, 4) is 22.8 Å². The van der Waals surface area contributed by atoms with Crippen LogP contribution in [0, 0.1) is 0 Å². The molecule has 3 rings (SSSR count). The normalized spacial score (nSPS) is 12.1. The molecule has 0 unspecified atom stereocenters. The van der Waals surface area contributed by atoms with Crippen molar-refractivity contribution in [2.24, 2.45) is 0 Å². The minimum Gasteiger partial charge on any atom is -0.501 e. The Hall–Kier alpha value is -3.14. The number of alkyl halides is 3. The molecule has 3 N–H and O–H groups in total. The lowest BCUT2D eigenvalue weighted by Crippen LogP contribution is -2.12. The van der Waals surface area contributed by atoms with Crippen LogP contribution in [0.2, 0.25) is 0 Å². The van der Waals surface area contributed by atoms with Gasteiger partial charge in [0.25, 0.3) is 0 Å². The molecule has 1 aromatic heterocycles. The lowest BCUT2D eigenvalue weighted by atomic mass is 10.0. The van der Waals surface area contributed by atoms with Crippen LogP contribution in [-0.4, -0.2) is 13.5 Å². The highest BCUT2D eigenvalue weighted by atomic mass is 32.2. The van der Waals surface area contributed by atoms with Crippen molar-refractivity contribution in [3.63, 3.8) is 0 Å². The summed E-state index contributed by atoms with van der Waals surface area (Å²) in [5.74, 6) is -3.54. The fourth-order valence-corrected chi connectivity index (χ4v) is 3.63. The summed E-state index contributed by atoms with van der Waals surface area (Å²) >= 11 is 0. The van der Waals surface area contributed by atoms with E-state index >= 15 is 0 Å². The van der Waals surface area contributed by atoms with E-state index in [9.17, 15) is 26.7 Å². The maximum Gasteiger partial charge on any atom is 0.417 e. The zero-order valence-corrected chi connectivity index (χ0v) is 14.9. The number of nitrogen functional groups attached to an aromatic ring is 1. The Kier molecular flexibility index (Phi) is 4.99. The largest absolute Gasteiger partial charge is 0.501 e. The number of furan rings is 1. The third kappa shape index (κ3) is 4.06. The molecule has 0 aliphatic heterocycles. The first kappa shape index (κ1) is 19.6. The highest BCUT2D eigenvalue weighted by Crippen LogP contribution is 2.48. The maximum absolute atomic E-state index is 13.2. The summed E-state index contributed by atoms with van der Waals surface area (Å²) in [6.07, 6.45) is -4.73. The third-order valence-electron chi connectivity index (χ3n) is 3.74. The summed E-state index contributed by atoms with van der Waals surface area (Å²) in [6, 6.07) is 12.4. The number of rotatable bonds is 5. The number of aromatic hydroxyl groups is 1. The van der Waals surface area contributed by atoms with Gasteiger partial charge in [-0.05, 0) is 11.6 Å². The molecule has 6 nitrogen and oxygen atoms in total. The van der Waals surface area contributed by atoms with Crippen LogP contribution in [0.1, 0.15) is 11.1 Å². The average Bonchev–Trinajstić information content (AvgIpc) is 2.89. The van der Waals surface area contributed by atoms with Crippen molar-refractivity contribution >= 4 is 16.0 Å². The molecular weight excluding hydrogens is 399 g/mol. The molecule has 28 heavy (non-hydrogen) atoms. The van der Waals surface area contributed by atoms with Gasteiger partial charge in [-0.25, -0.2) is 0 Å². The van der Waals surface area contributed by atoms with Crippen molar-refractivity contribution in [3.05, 3.63) is 65.7 Å². The van der Waals surface area contributed by atoms with Gasteiger partial charge in [-0.2, -0.15) is 21.6 Å². The van der Waals surface area contributed by atoms with Crippen molar-refractivity contribution in [2.45, 2.75) is 11.9 Å². The molecular formula is C18H14F3NO5S. The number of anilines is 1. The SMILES string of the molecule is Nc1oc(-c2ccccc2C(F)(F)F)c(O)c1OS(=O)(=O)Cc1ccccc1. The minimum absolute atomic E-state index is 0.409. The Labute approximate surface area is 158 Å². The van der Waals surface area contributed by atoms with Crippen molar-refractivity contribution in [1.29, 1.82) is 0 Å². The summed E-state index contributed by atoms with van der Waals surface area (Å²) < 4.78 is 73.9.